The van der Waals surface area contributed by atoms with Gasteiger partial charge in [0.2, 0.25) is 5.91 Å². The maximum Gasteiger partial charge on any atom is 0.220 e. The van der Waals surface area contributed by atoms with Crippen LogP contribution in [-0.4, -0.2) is 18.2 Å². The van der Waals surface area contributed by atoms with Crippen molar-refractivity contribution in [2.45, 2.75) is 26.2 Å². The summed E-state index contributed by atoms with van der Waals surface area (Å²) in [4.78, 5) is 23.7. The Morgan fingerprint density at radius 2 is 1.61 bits per heavy atom. The Labute approximate surface area is 135 Å². The van der Waals surface area contributed by atoms with E-state index < -0.39 is 0 Å². The van der Waals surface area contributed by atoms with Gasteiger partial charge in [0.25, 0.3) is 0 Å². The average Bonchev–Trinajstić information content (AvgIpc) is 2.55. The number of carbonyl (C=O) groups is 2. The van der Waals surface area contributed by atoms with E-state index in [1.807, 2.05) is 19.1 Å². The quantitative estimate of drug-likeness (QED) is 0.796. The number of amides is 1. The van der Waals surface area contributed by atoms with E-state index in [2.05, 4.69) is 5.32 Å². The fraction of sp³-hybridized carbons (Fsp3) is 0.263. The largest absolute Gasteiger partial charge is 0.356 e. The van der Waals surface area contributed by atoms with Crippen LogP contribution in [-0.2, 0) is 11.2 Å². The van der Waals surface area contributed by atoms with Gasteiger partial charge in [-0.2, -0.15) is 0 Å². The molecule has 0 aromatic heterocycles. The summed E-state index contributed by atoms with van der Waals surface area (Å²) in [5.74, 6) is -0.446. The fourth-order valence-electron chi connectivity index (χ4n) is 2.20. The molecule has 120 valence electrons. The van der Waals surface area contributed by atoms with Gasteiger partial charge < -0.3 is 5.32 Å². The van der Waals surface area contributed by atoms with E-state index in [1.54, 1.807) is 24.3 Å². The van der Waals surface area contributed by atoms with Crippen molar-refractivity contribution in [2.24, 2.45) is 0 Å². The van der Waals surface area contributed by atoms with E-state index in [-0.39, 0.29) is 30.3 Å². The molecule has 23 heavy (non-hydrogen) atoms. The van der Waals surface area contributed by atoms with Crippen LogP contribution in [0.2, 0.25) is 0 Å². The Morgan fingerprint density at radius 1 is 0.957 bits per heavy atom. The smallest absolute Gasteiger partial charge is 0.220 e. The molecule has 2 aromatic rings. The van der Waals surface area contributed by atoms with Crippen molar-refractivity contribution in [1.82, 2.24) is 5.32 Å². The van der Waals surface area contributed by atoms with Gasteiger partial charge in [-0.1, -0.05) is 42.0 Å². The van der Waals surface area contributed by atoms with Crippen LogP contribution in [0.25, 0.3) is 0 Å². The second-order valence-electron chi connectivity index (χ2n) is 5.52. The molecule has 0 fully saturated rings. The second-order valence-corrected chi connectivity index (χ2v) is 5.52. The second kappa shape index (κ2) is 8.22. The summed E-state index contributed by atoms with van der Waals surface area (Å²) in [6.45, 7) is 2.44. The van der Waals surface area contributed by atoms with E-state index in [4.69, 9.17) is 0 Å². The van der Waals surface area contributed by atoms with Gasteiger partial charge in [0.15, 0.2) is 5.78 Å². The average molecular weight is 313 g/mol. The topological polar surface area (TPSA) is 46.2 Å². The SMILES string of the molecule is Cc1ccc(C(=O)CCC(=O)NCCc2ccc(F)cc2)cc1. The minimum atomic E-state index is -0.271. The third-order valence-corrected chi connectivity index (χ3v) is 3.60. The number of carbonyl (C=O) groups excluding carboxylic acids is 2. The third-order valence-electron chi connectivity index (χ3n) is 3.60. The van der Waals surface area contributed by atoms with Crippen molar-refractivity contribution < 1.29 is 14.0 Å². The van der Waals surface area contributed by atoms with E-state index in [1.165, 1.54) is 12.1 Å². The monoisotopic (exact) mass is 313 g/mol. The molecule has 2 rings (SSSR count). The number of halogens is 1. The predicted molar refractivity (Wildman–Crippen MR) is 87.9 cm³/mol. The summed E-state index contributed by atoms with van der Waals surface area (Å²) >= 11 is 0. The zero-order valence-corrected chi connectivity index (χ0v) is 13.1. The Balaban J connectivity index is 1.69. The predicted octanol–water partition coefficient (Wildman–Crippen LogP) is 3.46. The van der Waals surface area contributed by atoms with E-state index >= 15 is 0 Å². The lowest BCUT2D eigenvalue weighted by Gasteiger charge is -2.05. The molecule has 0 saturated carbocycles. The van der Waals surface area contributed by atoms with Gasteiger partial charge in [-0.15, -0.1) is 0 Å². The van der Waals surface area contributed by atoms with Gasteiger partial charge in [-0.3, -0.25) is 9.59 Å². The number of benzene rings is 2. The summed E-state index contributed by atoms with van der Waals surface area (Å²) in [5.41, 5.74) is 2.69. The number of nitrogens with one attached hydrogen (secondary N) is 1. The third kappa shape index (κ3) is 5.66. The first-order valence-corrected chi connectivity index (χ1v) is 7.65. The van der Waals surface area contributed by atoms with E-state index in [9.17, 15) is 14.0 Å². The molecular weight excluding hydrogens is 293 g/mol. The van der Waals surface area contributed by atoms with Crippen LogP contribution in [0.3, 0.4) is 0 Å². The lowest BCUT2D eigenvalue weighted by Crippen LogP contribution is -2.26. The minimum absolute atomic E-state index is 0.0290. The van der Waals surface area contributed by atoms with Gasteiger partial charge in [-0.05, 0) is 31.0 Å². The first-order chi connectivity index (χ1) is 11.0. The normalized spacial score (nSPS) is 10.3. The Kier molecular flexibility index (Phi) is 6.03. The Morgan fingerprint density at radius 3 is 2.26 bits per heavy atom. The molecule has 0 saturated heterocycles. The highest BCUT2D eigenvalue weighted by Gasteiger charge is 2.09. The summed E-state index contributed by atoms with van der Waals surface area (Å²) in [6.07, 6.45) is 1.01. The van der Waals surface area contributed by atoms with Crippen LogP contribution < -0.4 is 5.32 Å². The molecule has 0 atom stereocenters. The number of hydrogen-bond donors (Lipinski definition) is 1. The minimum Gasteiger partial charge on any atom is -0.356 e. The Hall–Kier alpha value is -2.49. The number of Topliss-reactive ketones (excluding diaryl/α,β-unsaturated/α-hetero) is 1. The lowest BCUT2D eigenvalue weighted by molar-refractivity contribution is -0.121. The van der Waals surface area contributed by atoms with Gasteiger partial charge in [0.1, 0.15) is 5.82 Å². The first kappa shape index (κ1) is 16.9. The standard InChI is InChI=1S/C19H20FNO2/c1-14-2-6-16(7-3-14)18(22)10-11-19(23)21-13-12-15-4-8-17(20)9-5-15/h2-9H,10-13H2,1H3,(H,21,23). The molecule has 2 aromatic carbocycles. The first-order valence-electron chi connectivity index (χ1n) is 7.65. The van der Waals surface area contributed by atoms with Gasteiger partial charge in [0.05, 0.1) is 0 Å². The maximum absolute atomic E-state index is 12.8. The molecule has 3 nitrogen and oxygen atoms in total. The molecule has 1 N–H and O–H groups in total. The van der Waals surface area contributed by atoms with Gasteiger partial charge >= 0.3 is 0 Å². The number of aryl methyl sites for hydroxylation is 1. The lowest BCUT2D eigenvalue weighted by atomic mass is 10.0. The highest BCUT2D eigenvalue weighted by atomic mass is 19.1. The molecule has 0 unspecified atom stereocenters. The molecule has 0 bridgehead atoms. The van der Waals surface area contributed by atoms with Crippen LogP contribution in [0, 0.1) is 12.7 Å². The summed E-state index contributed by atoms with van der Waals surface area (Å²) < 4.78 is 12.8. The number of ketones is 1. The number of rotatable bonds is 7. The van der Waals surface area contributed by atoms with E-state index in [0.717, 1.165) is 11.1 Å². The molecule has 4 heteroatoms. The van der Waals surface area contributed by atoms with Gasteiger partial charge in [-0.25, -0.2) is 4.39 Å². The molecule has 0 spiro atoms. The van der Waals surface area contributed by atoms with Crippen LogP contribution in [0.5, 0.6) is 0 Å². The highest BCUT2D eigenvalue weighted by molar-refractivity contribution is 5.97. The molecule has 0 aliphatic rings. The van der Waals surface area contributed by atoms with E-state index in [0.29, 0.717) is 18.5 Å². The molecule has 0 aliphatic carbocycles. The molecule has 0 heterocycles. The summed E-state index contributed by atoms with van der Waals surface area (Å²) in [7, 11) is 0. The van der Waals surface area contributed by atoms with Crippen LogP contribution in [0.15, 0.2) is 48.5 Å². The van der Waals surface area contributed by atoms with Crippen molar-refractivity contribution in [3.8, 4) is 0 Å². The molecule has 1 amide bonds. The zero-order chi connectivity index (χ0) is 16.7. The van der Waals surface area contributed by atoms with Crippen molar-refractivity contribution in [2.75, 3.05) is 6.54 Å². The fourth-order valence-corrected chi connectivity index (χ4v) is 2.20. The number of hydrogen-bond acceptors (Lipinski definition) is 2. The van der Waals surface area contributed by atoms with Crippen molar-refractivity contribution >= 4 is 11.7 Å². The van der Waals surface area contributed by atoms with Crippen LogP contribution in [0.1, 0.15) is 34.3 Å². The highest BCUT2D eigenvalue weighted by Crippen LogP contribution is 2.08. The van der Waals surface area contributed by atoms with Crippen LogP contribution >= 0.6 is 0 Å². The molecule has 0 radical (unpaired) electrons. The summed E-state index contributed by atoms with van der Waals surface area (Å²) in [6, 6.07) is 13.5. The zero-order valence-electron chi connectivity index (χ0n) is 13.1. The maximum atomic E-state index is 12.8. The molecule has 0 aliphatic heterocycles. The molecular formula is C19H20FNO2. The summed E-state index contributed by atoms with van der Waals surface area (Å²) in [5, 5.41) is 2.78. The van der Waals surface area contributed by atoms with Crippen LogP contribution in [0.4, 0.5) is 4.39 Å². The van der Waals surface area contributed by atoms with Crippen molar-refractivity contribution in [3.05, 3.63) is 71.0 Å². The van der Waals surface area contributed by atoms with Crippen molar-refractivity contribution in [3.63, 3.8) is 0 Å². The van der Waals surface area contributed by atoms with Gasteiger partial charge in [0, 0.05) is 24.9 Å². The Bertz CT molecular complexity index is 663. The van der Waals surface area contributed by atoms with Crippen molar-refractivity contribution in [1.29, 1.82) is 0 Å².